The zero-order chi connectivity index (χ0) is 11.5. The molecule has 1 aliphatic rings. The van der Waals surface area contributed by atoms with Crippen LogP contribution in [-0.4, -0.2) is 19.3 Å². The van der Waals surface area contributed by atoms with Gasteiger partial charge < -0.3 is 14.8 Å². The topological polar surface area (TPSA) is 47.6 Å². The van der Waals surface area contributed by atoms with E-state index in [1.54, 1.807) is 0 Å². The van der Waals surface area contributed by atoms with Gasteiger partial charge in [0.1, 0.15) is 12.4 Å². The highest BCUT2D eigenvalue weighted by Gasteiger charge is 2.26. The van der Waals surface area contributed by atoms with Crippen molar-refractivity contribution < 1.29 is 14.3 Å². The Morgan fingerprint density at radius 3 is 3.06 bits per heavy atom. The van der Waals surface area contributed by atoms with Gasteiger partial charge in [-0.2, -0.15) is 0 Å². The van der Waals surface area contributed by atoms with E-state index in [-0.39, 0.29) is 12.1 Å². The number of hydrogen-bond acceptors (Lipinski definition) is 3. The number of alkyl carbamates (subject to hydrolysis) is 1. The fourth-order valence-corrected chi connectivity index (χ4v) is 2.01. The van der Waals surface area contributed by atoms with E-state index in [0.717, 1.165) is 15.8 Å². The lowest BCUT2D eigenvalue weighted by Crippen LogP contribution is -2.19. The second-order valence-corrected chi connectivity index (χ2v) is 4.33. The monoisotopic (exact) mass is 285 g/mol. The number of benzene rings is 1. The van der Waals surface area contributed by atoms with Crippen molar-refractivity contribution in [3.63, 3.8) is 0 Å². The summed E-state index contributed by atoms with van der Waals surface area (Å²) in [7, 11) is 0. The van der Waals surface area contributed by atoms with Gasteiger partial charge >= 0.3 is 6.09 Å². The Balaban J connectivity index is 2.29. The smallest absolute Gasteiger partial charge is 0.407 e. The van der Waals surface area contributed by atoms with E-state index in [4.69, 9.17) is 9.47 Å². The van der Waals surface area contributed by atoms with Gasteiger partial charge in [0.05, 0.1) is 12.6 Å². The lowest BCUT2D eigenvalue weighted by Gasteiger charge is -2.14. The molecule has 5 heteroatoms. The first-order valence-electron chi connectivity index (χ1n) is 5.06. The second-order valence-electron chi connectivity index (χ2n) is 3.41. The van der Waals surface area contributed by atoms with Crippen molar-refractivity contribution in [2.75, 3.05) is 13.2 Å². The van der Waals surface area contributed by atoms with Crippen molar-refractivity contribution in [2.45, 2.75) is 13.0 Å². The molecule has 1 amide bonds. The molecule has 1 saturated heterocycles. The lowest BCUT2D eigenvalue weighted by molar-refractivity contribution is 0.176. The van der Waals surface area contributed by atoms with Crippen LogP contribution in [0.3, 0.4) is 0 Å². The molecule has 0 radical (unpaired) electrons. The quantitative estimate of drug-likeness (QED) is 0.929. The first kappa shape index (κ1) is 11.3. The zero-order valence-electron chi connectivity index (χ0n) is 8.83. The molecule has 0 saturated carbocycles. The Kier molecular flexibility index (Phi) is 3.33. The molecular formula is C11H12BrNO3. The maximum atomic E-state index is 11.0. The summed E-state index contributed by atoms with van der Waals surface area (Å²) in [4.78, 5) is 11.0. The molecule has 0 unspecified atom stereocenters. The summed E-state index contributed by atoms with van der Waals surface area (Å²) in [6.45, 7) is 2.86. The van der Waals surface area contributed by atoms with Crippen LogP contribution in [-0.2, 0) is 4.74 Å². The maximum Gasteiger partial charge on any atom is 0.407 e. The van der Waals surface area contributed by atoms with Gasteiger partial charge in [-0.1, -0.05) is 15.9 Å². The molecule has 0 aromatic heterocycles. The van der Waals surface area contributed by atoms with Crippen molar-refractivity contribution in [1.29, 1.82) is 0 Å². The molecule has 1 fully saturated rings. The summed E-state index contributed by atoms with van der Waals surface area (Å²) in [6, 6.07) is 5.59. The highest BCUT2D eigenvalue weighted by atomic mass is 79.9. The molecule has 1 atom stereocenters. The molecule has 4 nitrogen and oxygen atoms in total. The summed E-state index contributed by atoms with van der Waals surface area (Å²) in [5, 5.41) is 2.73. The van der Waals surface area contributed by atoms with Gasteiger partial charge in [-0.3, -0.25) is 0 Å². The normalized spacial score (nSPS) is 19.1. The summed E-state index contributed by atoms with van der Waals surface area (Å²) >= 11 is 3.40. The molecular weight excluding hydrogens is 274 g/mol. The van der Waals surface area contributed by atoms with Gasteiger partial charge in [0.2, 0.25) is 0 Å². The minimum Gasteiger partial charge on any atom is -0.494 e. The van der Waals surface area contributed by atoms with Crippen LogP contribution in [0.5, 0.6) is 5.75 Å². The van der Waals surface area contributed by atoms with E-state index < -0.39 is 0 Å². The SMILES string of the molecule is CCOc1ccc(Br)cc1[C@H]1COC(=O)N1. The van der Waals surface area contributed by atoms with E-state index >= 15 is 0 Å². The molecule has 1 heterocycles. The number of carbonyl (C=O) groups is 1. The Morgan fingerprint density at radius 2 is 2.44 bits per heavy atom. The Morgan fingerprint density at radius 1 is 1.62 bits per heavy atom. The largest absolute Gasteiger partial charge is 0.494 e. The van der Waals surface area contributed by atoms with E-state index in [2.05, 4.69) is 21.2 Å². The fraction of sp³-hybridized carbons (Fsp3) is 0.364. The van der Waals surface area contributed by atoms with Crippen LogP contribution in [0.4, 0.5) is 4.79 Å². The third-order valence-corrected chi connectivity index (χ3v) is 2.81. The minimum atomic E-state index is -0.382. The second kappa shape index (κ2) is 4.74. The van der Waals surface area contributed by atoms with Crippen LogP contribution in [0.1, 0.15) is 18.5 Å². The van der Waals surface area contributed by atoms with E-state index in [1.165, 1.54) is 0 Å². The molecule has 1 N–H and O–H groups in total. The predicted octanol–water partition coefficient (Wildman–Crippen LogP) is 2.63. The van der Waals surface area contributed by atoms with Crippen molar-refractivity contribution in [1.82, 2.24) is 5.32 Å². The summed E-state index contributed by atoms with van der Waals surface area (Å²) in [5.41, 5.74) is 0.932. The number of rotatable bonds is 3. The van der Waals surface area contributed by atoms with Gasteiger partial charge in [-0.15, -0.1) is 0 Å². The molecule has 86 valence electrons. The van der Waals surface area contributed by atoms with Gasteiger partial charge in [-0.05, 0) is 25.1 Å². The Labute approximate surface area is 102 Å². The number of carbonyl (C=O) groups excluding carboxylic acids is 1. The van der Waals surface area contributed by atoms with Crippen molar-refractivity contribution in [2.24, 2.45) is 0 Å². The van der Waals surface area contributed by atoms with Gasteiger partial charge in [0.15, 0.2) is 0 Å². The number of nitrogens with one attached hydrogen (secondary N) is 1. The van der Waals surface area contributed by atoms with Crippen LogP contribution < -0.4 is 10.1 Å². The van der Waals surface area contributed by atoms with Crippen LogP contribution >= 0.6 is 15.9 Å². The standard InChI is InChI=1S/C11H12BrNO3/c1-2-15-10-4-3-7(12)5-8(10)9-6-16-11(14)13-9/h3-5,9H,2,6H2,1H3,(H,13,14)/t9-/m1/s1. The first-order valence-corrected chi connectivity index (χ1v) is 5.85. The van der Waals surface area contributed by atoms with Crippen LogP contribution in [0.25, 0.3) is 0 Å². The molecule has 0 aliphatic carbocycles. The molecule has 0 bridgehead atoms. The van der Waals surface area contributed by atoms with E-state index in [9.17, 15) is 4.79 Å². The molecule has 2 rings (SSSR count). The average molecular weight is 286 g/mol. The summed E-state index contributed by atoms with van der Waals surface area (Å²) < 4.78 is 11.3. The van der Waals surface area contributed by atoms with Crippen LogP contribution in [0.15, 0.2) is 22.7 Å². The zero-order valence-corrected chi connectivity index (χ0v) is 10.4. The van der Waals surface area contributed by atoms with E-state index in [1.807, 2.05) is 25.1 Å². The lowest BCUT2D eigenvalue weighted by atomic mass is 10.1. The highest BCUT2D eigenvalue weighted by molar-refractivity contribution is 9.10. The van der Waals surface area contributed by atoms with Gasteiger partial charge in [0.25, 0.3) is 0 Å². The number of cyclic esters (lactones) is 1. The molecule has 16 heavy (non-hydrogen) atoms. The number of amides is 1. The van der Waals surface area contributed by atoms with Crippen LogP contribution in [0.2, 0.25) is 0 Å². The van der Waals surface area contributed by atoms with Crippen molar-refractivity contribution in [3.8, 4) is 5.75 Å². The van der Waals surface area contributed by atoms with Gasteiger partial charge in [0, 0.05) is 10.0 Å². The number of ether oxygens (including phenoxy) is 2. The molecule has 1 aliphatic heterocycles. The number of halogens is 1. The summed E-state index contributed by atoms with van der Waals surface area (Å²) in [5.74, 6) is 0.779. The summed E-state index contributed by atoms with van der Waals surface area (Å²) in [6.07, 6.45) is -0.382. The van der Waals surface area contributed by atoms with E-state index in [0.29, 0.717) is 13.2 Å². The molecule has 1 aromatic carbocycles. The third kappa shape index (κ3) is 2.29. The molecule has 0 spiro atoms. The minimum absolute atomic E-state index is 0.133. The van der Waals surface area contributed by atoms with Gasteiger partial charge in [-0.25, -0.2) is 4.79 Å². The highest BCUT2D eigenvalue weighted by Crippen LogP contribution is 2.30. The fourth-order valence-electron chi connectivity index (χ4n) is 1.63. The van der Waals surface area contributed by atoms with Crippen molar-refractivity contribution >= 4 is 22.0 Å². The Hall–Kier alpha value is -1.23. The molecule has 1 aromatic rings. The predicted molar refractivity (Wildman–Crippen MR) is 62.5 cm³/mol. The Bertz CT molecular complexity index is 408. The first-order chi connectivity index (χ1) is 7.70. The maximum absolute atomic E-state index is 11.0. The average Bonchev–Trinajstić information content (AvgIpc) is 2.68. The third-order valence-electron chi connectivity index (χ3n) is 2.32. The van der Waals surface area contributed by atoms with Crippen molar-refractivity contribution in [3.05, 3.63) is 28.2 Å². The number of hydrogen-bond donors (Lipinski definition) is 1. The van der Waals surface area contributed by atoms with Crippen LogP contribution in [0, 0.1) is 0 Å².